The molecule has 0 aromatic heterocycles. The van der Waals surface area contributed by atoms with Crippen LogP contribution in [0.15, 0.2) is 6.07 Å². The number of ether oxygens (including phenoxy) is 1. The summed E-state index contributed by atoms with van der Waals surface area (Å²) in [7, 11) is 1.17. The van der Waals surface area contributed by atoms with Gasteiger partial charge in [-0.3, -0.25) is 0 Å². The molecule has 0 atom stereocenters. The Balaban J connectivity index is 3.40. The number of carbonyl (C=O) groups is 1. The van der Waals surface area contributed by atoms with E-state index >= 15 is 0 Å². The maximum absolute atomic E-state index is 13.4. The van der Waals surface area contributed by atoms with E-state index in [0.29, 0.717) is 0 Å². The van der Waals surface area contributed by atoms with Crippen LogP contribution < -0.4 is 0 Å². The number of halogens is 3. The lowest BCUT2D eigenvalue weighted by atomic mass is 10.1. The van der Waals surface area contributed by atoms with Crippen LogP contribution in [0.4, 0.5) is 4.39 Å². The van der Waals surface area contributed by atoms with E-state index in [4.69, 9.17) is 23.2 Å². The minimum Gasteiger partial charge on any atom is -0.465 e. The van der Waals surface area contributed by atoms with Crippen LogP contribution in [0.1, 0.15) is 15.9 Å². The zero-order chi connectivity index (χ0) is 10.9. The summed E-state index contributed by atoms with van der Waals surface area (Å²) in [6.45, 7) is 1.44. The largest absolute Gasteiger partial charge is 0.465 e. The Labute approximate surface area is 90.6 Å². The maximum Gasteiger partial charge on any atom is 0.340 e. The van der Waals surface area contributed by atoms with Crippen LogP contribution in [0.25, 0.3) is 0 Å². The van der Waals surface area contributed by atoms with Gasteiger partial charge in [0, 0.05) is 5.56 Å². The van der Waals surface area contributed by atoms with Gasteiger partial charge in [-0.1, -0.05) is 23.2 Å². The molecule has 0 heterocycles. The first-order chi connectivity index (χ1) is 6.49. The Hall–Kier alpha value is -0.800. The fourth-order valence-corrected chi connectivity index (χ4v) is 1.38. The molecule has 0 aliphatic rings. The molecule has 0 aliphatic heterocycles. The molecule has 5 heteroatoms. The molecule has 0 unspecified atom stereocenters. The molecular formula is C9H7Cl2FO2. The second kappa shape index (κ2) is 4.15. The quantitative estimate of drug-likeness (QED) is 0.553. The monoisotopic (exact) mass is 236 g/mol. The van der Waals surface area contributed by atoms with Crippen LogP contribution in [0.5, 0.6) is 0 Å². The van der Waals surface area contributed by atoms with Gasteiger partial charge in [-0.25, -0.2) is 9.18 Å². The van der Waals surface area contributed by atoms with Crippen molar-refractivity contribution in [3.63, 3.8) is 0 Å². The van der Waals surface area contributed by atoms with E-state index in [0.717, 1.165) is 6.07 Å². The van der Waals surface area contributed by atoms with Crippen LogP contribution in [-0.4, -0.2) is 13.1 Å². The predicted molar refractivity (Wildman–Crippen MR) is 52.5 cm³/mol. The first-order valence-corrected chi connectivity index (χ1v) is 4.47. The summed E-state index contributed by atoms with van der Waals surface area (Å²) in [6.07, 6.45) is 0. The Morgan fingerprint density at radius 2 is 2.07 bits per heavy atom. The van der Waals surface area contributed by atoms with Crippen molar-refractivity contribution in [3.05, 3.63) is 33.1 Å². The van der Waals surface area contributed by atoms with Gasteiger partial charge in [0.1, 0.15) is 5.82 Å². The molecule has 0 aliphatic carbocycles. The van der Waals surface area contributed by atoms with Gasteiger partial charge in [0.05, 0.1) is 22.7 Å². The topological polar surface area (TPSA) is 26.3 Å². The van der Waals surface area contributed by atoms with Crippen molar-refractivity contribution in [2.75, 3.05) is 7.11 Å². The summed E-state index contributed by atoms with van der Waals surface area (Å²) in [5.74, 6) is -1.48. The number of rotatable bonds is 1. The molecule has 0 amide bonds. The average molecular weight is 237 g/mol. The molecule has 2 nitrogen and oxygen atoms in total. The third-order valence-electron chi connectivity index (χ3n) is 1.78. The minimum absolute atomic E-state index is 0.108. The molecule has 0 radical (unpaired) electrons. The molecule has 0 saturated carbocycles. The first-order valence-electron chi connectivity index (χ1n) is 3.71. The number of methoxy groups -OCH3 is 1. The lowest BCUT2D eigenvalue weighted by Gasteiger charge is -2.07. The van der Waals surface area contributed by atoms with Crippen molar-refractivity contribution in [1.29, 1.82) is 0 Å². The third kappa shape index (κ3) is 1.83. The molecule has 0 spiro atoms. The Kier molecular flexibility index (Phi) is 3.34. The molecule has 1 aromatic carbocycles. The van der Waals surface area contributed by atoms with E-state index < -0.39 is 11.8 Å². The van der Waals surface area contributed by atoms with E-state index in [-0.39, 0.29) is 21.2 Å². The van der Waals surface area contributed by atoms with Gasteiger partial charge in [0.2, 0.25) is 0 Å². The van der Waals surface area contributed by atoms with Gasteiger partial charge in [0.25, 0.3) is 0 Å². The second-order valence-corrected chi connectivity index (χ2v) is 3.44. The summed E-state index contributed by atoms with van der Waals surface area (Å²) in [4.78, 5) is 11.1. The van der Waals surface area contributed by atoms with Gasteiger partial charge in [-0.15, -0.1) is 0 Å². The lowest BCUT2D eigenvalue weighted by molar-refractivity contribution is 0.0595. The fourth-order valence-electron chi connectivity index (χ4n) is 0.989. The van der Waals surface area contributed by atoms with Crippen LogP contribution in [0, 0.1) is 12.7 Å². The number of carbonyl (C=O) groups excluding carboxylic acids is 1. The SMILES string of the molecule is COC(=O)c1cc(Cl)c(Cl)c(C)c1F. The Morgan fingerprint density at radius 1 is 1.50 bits per heavy atom. The highest BCUT2D eigenvalue weighted by molar-refractivity contribution is 6.42. The lowest BCUT2D eigenvalue weighted by Crippen LogP contribution is -2.06. The third-order valence-corrected chi connectivity index (χ3v) is 2.66. The van der Waals surface area contributed by atoms with Crippen molar-refractivity contribution in [1.82, 2.24) is 0 Å². The minimum atomic E-state index is -0.774. The molecule has 14 heavy (non-hydrogen) atoms. The Bertz CT molecular complexity index is 391. The highest BCUT2D eigenvalue weighted by Gasteiger charge is 2.18. The number of benzene rings is 1. The summed E-state index contributed by atoms with van der Waals surface area (Å²) in [5, 5.41) is 0.239. The molecular weight excluding hydrogens is 230 g/mol. The molecule has 0 N–H and O–H groups in total. The first kappa shape index (κ1) is 11.3. The highest BCUT2D eigenvalue weighted by Crippen LogP contribution is 2.30. The van der Waals surface area contributed by atoms with E-state index in [1.165, 1.54) is 14.0 Å². The predicted octanol–water partition coefficient (Wildman–Crippen LogP) is 3.23. The van der Waals surface area contributed by atoms with Crippen LogP contribution in [0.2, 0.25) is 10.0 Å². The van der Waals surface area contributed by atoms with E-state index in [2.05, 4.69) is 4.74 Å². The molecule has 0 bridgehead atoms. The molecule has 1 aromatic rings. The van der Waals surface area contributed by atoms with Crippen LogP contribution >= 0.6 is 23.2 Å². The average Bonchev–Trinajstić information content (AvgIpc) is 2.19. The van der Waals surface area contributed by atoms with Crippen molar-refractivity contribution in [2.24, 2.45) is 0 Å². The zero-order valence-corrected chi connectivity index (χ0v) is 9.04. The number of esters is 1. The Morgan fingerprint density at radius 3 is 2.57 bits per heavy atom. The van der Waals surface area contributed by atoms with Gasteiger partial charge < -0.3 is 4.74 Å². The van der Waals surface area contributed by atoms with Gasteiger partial charge >= 0.3 is 5.97 Å². The summed E-state index contributed by atoms with van der Waals surface area (Å²) < 4.78 is 17.8. The molecule has 1 rings (SSSR count). The van der Waals surface area contributed by atoms with E-state index in [9.17, 15) is 9.18 Å². The smallest absolute Gasteiger partial charge is 0.340 e. The summed E-state index contributed by atoms with van der Waals surface area (Å²) in [6, 6.07) is 1.15. The van der Waals surface area contributed by atoms with Crippen molar-refractivity contribution >= 4 is 29.2 Å². The summed E-state index contributed by atoms with van der Waals surface area (Å²) >= 11 is 11.4. The van der Waals surface area contributed by atoms with Gasteiger partial charge in [-0.05, 0) is 13.0 Å². The standard InChI is InChI=1S/C9H7Cl2FO2/c1-4-7(11)6(10)3-5(8(4)12)9(13)14-2/h3H,1-2H3. The molecule has 0 fully saturated rings. The van der Waals surface area contributed by atoms with Crippen LogP contribution in [-0.2, 0) is 4.74 Å². The number of hydrogen-bond acceptors (Lipinski definition) is 2. The fraction of sp³-hybridized carbons (Fsp3) is 0.222. The van der Waals surface area contributed by atoms with Crippen molar-refractivity contribution < 1.29 is 13.9 Å². The second-order valence-electron chi connectivity index (χ2n) is 2.65. The van der Waals surface area contributed by atoms with Crippen molar-refractivity contribution in [3.8, 4) is 0 Å². The maximum atomic E-state index is 13.4. The normalized spacial score (nSPS) is 10.1. The molecule has 76 valence electrons. The summed E-state index contributed by atoms with van der Waals surface area (Å²) in [5.41, 5.74) is -0.0704. The van der Waals surface area contributed by atoms with E-state index in [1.54, 1.807) is 0 Å². The molecule has 0 saturated heterocycles. The zero-order valence-electron chi connectivity index (χ0n) is 7.53. The number of hydrogen-bond donors (Lipinski definition) is 0. The van der Waals surface area contributed by atoms with Crippen molar-refractivity contribution in [2.45, 2.75) is 6.92 Å². The van der Waals surface area contributed by atoms with Gasteiger partial charge in [0.15, 0.2) is 0 Å². The highest BCUT2D eigenvalue weighted by atomic mass is 35.5. The van der Waals surface area contributed by atoms with Gasteiger partial charge in [-0.2, -0.15) is 0 Å². The van der Waals surface area contributed by atoms with Crippen LogP contribution in [0.3, 0.4) is 0 Å². The van der Waals surface area contributed by atoms with E-state index in [1.807, 2.05) is 0 Å².